The highest BCUT2D eigenvalue weighted by atomic mass is 35.5. The molecule has 0 heterocycles. The Kier molecular flexibility index (Phi) is 6.39. The Morgan fingerprint density at radius 2 is 1.75 bits per heavy atom. The summed E-state index contributed by atoms with van der Waals surface area (Å²) in [6.45, 7) is 6.21. The van der Waals surface area contributed by atoms with Gasteiger partial charge in [-0.15, -0.1) is 23.2 Å². The molecule has 74 valence electrons. The quantitative estimate of drug-likeness (QED) is 0.437. The van der Waals surface area contributed by atoms with E-state index in [2.05, 4.69) is 13.8 Å². The van der Waals surface area contributed by atoms with Gasteiger partial charge in [-0.25, -0.2) is 0 Å². The third-order valence-corrected chi connectivity index (χ3v) is 3.10. The van der Waals surface area contributed by atoms with Crippen LogP contribution in [-0.4, -0.2) is 4.33 Å². The van der Waals surface area contributed by atoms with Gasteiger partial charge in [-0.3, -0.25) is 0 Å². The summed E-state index contributed by atoms with van der Waals surface area (Å²) in [5.41, 5.74) is 0. The summed E-state index contributed by atoms with van der Waals surface area (Å²) in [6.07, 6.45) is 6.32. The average Bonchev–Trinajstić information content (AvgIpc) is 1.96. The van der Waals surface area contributed by atoms with Crippen LogP contribution in [0.25, 0.3) is 0 Å². The van der Waals surface area contributed by atoms with E-state index >= 15 is 0 Å². The van der Waals surface area contributed by atoms with Crippen LogP contribution in [0.1, 0.15) is 52.9 Å². The highest BCUT2D eigenvalue weighted by Gasteiger charge is 2.24. The Hall–Kier alpha value is 0.580. The second-order valence-electron chi connectivity index (χ2n) is 3.71. The lowest BCUT2D eigenvalue weighted by molar-refractivity contribution is 0.457. The van der Waals surface area contributed by atoms with Gasteiger partial charge in [0.2, 0.25) is 0 Å². The molecule has 0 N–H and O–H groups in total. The second-order valence-corrected chi connectivity index (χ2v) is 5.47. The van der Waals surface area contributed by atoms with Gasteiger partial charge in [0.05, 0.1) is 0 Å². The molecule has 0 saturated heterocycles. The van der Waals surface area contributed by atoms with Gasteiger partial charge < -0.3 is 0 Å². The van der Waals surface area contributed by atoms with Crippen LogP contribution in [0.3, 0.4) is 0 Å². The van der Waals surface area contributed by atoms with E-state index in [0.717, 1.165) is 6.42 Å². The standard InChI is InChI=1S/C10H20Cl2/c1-4-5-6-7-8-9(2)10(3,11)12/h9H,4-8H2,1-3H3. The number of unbranched alkanes of at least 4 members (excludes halogenated alkanes) is 3. The van der Waals surface area contributed by atoms with Crippen LogP contribution >= 0.6 is 23.2 Å². The number of hydrogen-bond donors (Lipinski definition) is 0. The fraction of sp³-hybridized carbons (Fsp3) is 1.00. The number of alkyl halides is 2. The fourth-order valence-corrected chi connectivity index (χ4v) is 1.35. The summed E-state index contributed by atoms with van der Waals surface area (Å²) in [5.74, 6) is 0.401. The van der Waals surface area contributed by atoms with Crippen LogP contribution in [0.15, 0.2) is 0 Å². The van der Waals surface area contributed by atoms with Gasteiger partial charge in [-0.2, -0.15) is 0 Å². The van der Waals surface area contributed by atoms with E-state index in [1.807, 2.05) is 6.92 Å². The smallest absolute Gasteiger partial charge is 0.102 e. The second kappa shape index (κ2) is 6.10. The molecule has 0 aliphatic heterocycles. The molecule has 0 spiro atoms. The maximum atomic E-state index is 5.96. The highest BCUT2D eigenvalue weighted by Crippen LogP contribution is 2.32. The first-order chi connectivity index (χ1) is 5.48. The molecule has 0 aliphatic rings. The molecule has 0 fully saturated rings. The Morgan fingerprint density at radius 1 is 1.17 bits per heavy atom. The van der Waals surface area contributed by atoms with Crippen molar-refractivity contribution in [2.45, 2.75) is 57.2 Å². The van der Waals surface area contributed by atoms with Gasteiger partial charge in [0.1, 0.15) is 4.33 Å². The fourth-order valence-electron chi connectivity index (χ4n) is 1.13. The third kappa shape index (κ3) is 6.14. The molecule has 1 unspecified atom stereocenters. The van der Waals surface area contributed by atoms with Crippen LogP contribution in [0.2, 0.25) is 0 Å². The van der Waals surface area contributed by atoms with Crippen molar-refractivity contribution in [2.24, 2.45) is 5.92 Å². The van der Waals surface area contributed by atoms with Crippen molar-refractivity contribution in [3.63, 3.8) is 0 Å². The number of rotatable bonds is 6. The van der Waals surface area contributed by atoms with Crippen molar-refractivity contribution in [3.05, 3.63) is 0 Å². The lowest BCUT2D eigenvalue weighted by Gasteiger charge is -2.21. The van der Waals surface area contributed by atoms with Gasteiger partial charge in [-0.1, -0.05) is 39.5 Å². The molecule has 12 heavy (non-hydrogen) atoms. The first kappa shape index (κ1) is 12.6. The van der Waals surface area contributed by atoms with E-state index in [-0.39, 0.29) is 0 Å². The van der Waals surface area contributed by atoms with Gasteiger partial charge in [0, 0.05) is 0 Å². The summed E-state index contributed by atoms with van der Waals surface area (Å²) in [7, 11) is 0. The van der Waals surface area contributed by atoms with Crippen molar-refractivity contribution >= 4 is 23.2 Å². The van der Waals surface area contributed by atoms with Crippen molar-refractivity contribution in [3.8, 4) is 0 Å². The van der Waals surface area contributed by atoms with E-state index in [9.17, 15) is 0 Å². The predicted octanol–water partition coefficient (Wildman–Crippen LogP) is 4.79. The van der Waals surface area contributed by atoms with E-state index in [1.54, 1.807) is 0 Å². The molecular formula is C10H20Cl2. The maximum Gasteiger partial charge on any atom is 0.118 e. The van der Waals surface area contributed by atoms with Gasteiger partial charge in [-0.05, 0) is 19.3 Å². The summed E-state index contributed by atoms with van der Waals surface area (Å²) >= 11 is 11.9. The summed E-state index contributed by atoms with van der Waals surface area (Å²) in [6, 6.07) is 0. The van der Waals surface area contributed by atoms with Crippen molar-refractivity contribution in [1.29, 1.82) is 0 Å². The van der Waals surface area contributed by atoms with E-state index in [1.165, 1.54) is 25.7 Å². The summed E-state index contributed by atoms with van der Waals surface area (Å²) < 4.78 is -0.549. The molecule has 0 saturated carbocycles. The minimum atomic E-state index is -0.549. The van der Waals surface area contributed by atoms with Crippen molar-refractivity contribution in [1.82, 2.24) is 0 Å². The Morgan fingerprint density at radius 3 is 2.17 bits per heavy atom. The van der Waals surface area contributed by atoms with E-state index in [4.69, 9.17) is 23.2 Å². The van der Waals surface area contributed by atoms with Crippen LogP contribution in [0.5, 0.6) is 0 Å². The number of hydrogen-bond acceptors (Lipinski definition) is 0. The molecule has 0 bridgehead atoms. The zero-order valence-electron chi connectivity index (χ0n) is 8.37. The molecule has 0 nitrogen and oxygen atoms in total. The van der Waals surface area contributed by atoms with Crippen LogP contribution in [-0.2, 0) is 0 Å². The molecule has 0 aliphatic carbocycles. The lowest BCUT2D eigenvalue weighted by Crippen LogP contribution is -2.18. The van der Waals surface area contributed by atoms with E-state index < -0.39 is 4.33 Å². The Balaban J connectivity index is 3.38. The predicted molar refractivity (Wildman–Crippen MR) is 58.0 cm³/mol. The number of halogens is 2. The Bertz CT molecular complexity index is 105. The average molecular weight is 211 g/mol. The van der Waals surface area contributed by atoms with Crippen LogP contribution in [0.4, 0.5) is 0 Å². The van der Waals surface area contributed by atoms with E-state index in [0.29, 0.717) is 5.92 Å². The maximum absolute atomic E-state index is 5.96. The highest BCUT2D eigenvalue weighted by molar-refractivity contribution is 6.48. The molecule has 0 aromatic rings. The summed E-state index contributed by atoms with van der Waals surface area (Å²) in [5, 5.41) is 0. The normalized spacial score (nSPS) is 14.8. The zero-order chi connectivity index (χ0) is 9.61. The molecule has 0 aromatic heterocycles. The molecule has 0 rings (SSSR count). The minimum Gasteiger partial charge on any atom is -0.102 e. The molecule has 0 aromatic carbocycles. The topological polar surface area (TPSA) is 0 Å². The molecule has 1 atom stereocenters. The molecule has 0 amide bonds. The third-order valence-electron chi connectivity index (χ3n) is 2.36. The van der Waals surface area contributed by atoms with Crippen molar-refractivity contribution in [2.75, 3.05) is 0 Å². The zero-order valence-corrected chi connectivity index (χ0v) is 9.88. The van der Waals surface area contributed by atoms with Crippen LogP contribution < -0.4 is 0 Å². The largest absolute Gasteiger partial charge is 0.118 e. The van der Waals surface area contributed by atoms with Crippen LogP contribution in [0, 0.1) is 5.92 Å². The van der Waals surface area contributed by atoms with Gasteiger partial charge in [0.15, 0.2) is 0 Å². The first-order valence-corrected chi connectivity index (χ1v) is 5.62. The lowest BCUT2D eigenvalue weighted by atomic mass is 10.00. The van der Waals surface area contributed by atoms with Gasteiger partial charge >= 0.3 is 0 Å². The minimum absolute atomic E-state index is 0.401. The van der Waals surface area contributed by atoms with Crippen molar-refractivity contribution < 1.29 is 0 Å². The SMILES string of the molecule is CCCCCCC(C)C(C)(Cl)Cl. The first-order valence-electron chi connectivity index (χ1n) is 4.86. The molecule has 2 heteroatoms. The molecular weight excluding hydrogens is 191 g/mol. The molecule has 0 radical (unpaired) electrons. The summed E-state index contributed by atoms with van der Waals surface area (Å²) in [4.78, 5) is 0. The van der Waals surface area contributed by atoms with Gasteiger partial charge in [0.25, 0.3) is 0 Å². The Labute approximate surface area is 86.6 Å². The monoisotopic (exact) mass is 210 g/mol.